The van der Waals surface area contributed by atoms with Crippen LogP contribution in [-0.2, 0) is 4.74 Å². The van der Waals surface area contributed by atoms with E-state index in [-0.39, 0.29) is 5.60 Å². The molecule has 0 unspecified atom stereocenters. The standard InChI is InChI=1S/C13H16N4O/c1-3-13(4-1)8-17(6-7-18-13)12-10-2-5-14-11(10)15-9-16-12/h2,5,9H,1,3-4,6-8H2,(H,14,15,16). The Balaban J connectivity index is 1.71. The molecule has 0 bridgehead atoms. The maximum atomic E-state index is 5.95. The lowest BCUT2D eigenvalue weighted by atomic mass is 9.79. The second kappa shape index (κ2) is 3.68. The molecule has 2 aliphatic rings. The van der Waals surface area contributed by atoms with E-state index in [9.17, 15) is 0 Å². The van der Waals surface area contributed by atoms with Crippen LogP contribution in [0, 0.1) is 0 Å². The predicted molar refractivity (Wildman–Crippen MR) is 68.6 cm³/mol. The molecule has 5 nitrogen and oxygen atoms in total. The SMILES string of the molecule is c1nc(N2CCOC3(CCC3)C2)c2cc[nH]c2n1. The van der Waals surface area contributed by atoms with E-state index < -0.39 is 0 Å². The molecule has 94 valence electrons. The highest BCUT2D eigenvalue weighted by Gasteiger charge is 2.42. The first-order valence-electron chi connectivity index (χ1n) is 6.53. The van der Waals surface area contributed by atoms with Gasteiger partial charge >= 0.3 is 0 Å². The van der Waals surface area contributed by atoms with E-state index >= 15 is 0 Å². The van der Waals surface area contributed by atoms with E-state index in [4.69, 9.17) is 4.74 Å². The first kappa shape index (κ1) is 10.3. The predicted octanol–water partition coefficient (Wildman–Crippen LogP) is 1.72. The molecule has 1 aliphatic carbocycles. The molecule has 2 aromatic rings. The average Bonchev–Trinajstić information content (AvgIpc) is 2.85. The van der Waals surface area contributed by atoms with Crippen molar-refractivity contribution in [2.45, 2.75) is 24.9 Å². The lowest BCUT2D eigenvalue weighted by Crippen LogP contribution is -2.56. The summed E-state index contributed by atoms with van der Waals surface area (Å²) >= 11 is 0. The van der Waals surface area contributed by atoms with Crippen LogP contribution in [0.25, 0.3) is 11.0 Å². The van der Waals surface area contributed by atoms with Gasteiger partial charge in [-0.3, -0.25) is 0 Å². The van der Waals surface area contributed by atoms with Gasteiger partial charge in [0.1, 0.15) is 17.8 Å². The molecule has 2 fully saturated rings. The maximum absolute atomic E-state index is 5.95. The number of hydrogen-bond donors (Lipinski definition) is 1. The zero-order chi connectivity index (χ0) is 12.0. The van der Waals surface area contributed by atoms with Crippen molar-refractivity contribution >= 4 is 16.9 Å². The minimum Gasteiger partial charge on any atom is -0.371 e. The molecule has 1 saturated heterocycles. The topological polar surface area (TPSA) is 54.0 Å². The van der Waals surface area contributed by atoms with E-state index in [0.29, 0.717) is 0 Å². The number of anilines is 1. The van der Waals surface area contributed by atoms with Crippen molar-refractivity contribution in [1.29, 1.82) is 0 Å². The third-order valence-electron chi connectivity index (χ3n) is 4.15. The van der Waals surface area contributed by atoms with Gasteiger partial charge in [0.2, 0.25) is 0 Å². The number of nitrogens with one attached hydrogen (secondary N) is 1. The number of ether oxygens (including phenoxy) is 1. The third-order valence-corrected chi connectivity index (χ3v) is 4.15. The van der Waals surface area contributed by atoms with Crippen LogP contribution in [0.15, 0.2) is 18.6 Å². The maximum Gasteiger partial charge on any atom is 0.142 e. The number of nitrogens with zero attached hydrogens (tertiary/aromatic N) is 3. The second-order valence-electron chi connectivity index (χ2n) is 5.24. The fourth-order valence-corrected chi connectivity index (χ4v) is 3.01. The molecule has 2 aromatic heterocycles. The summed E-state index contributed by atoms with van der Waals surface area (Å²) in [6, 6.07) is 2.05. The summed E-state index contributed by atoms with van der Waals surface area (Å²) < 4.78 is 5.95. The van der Waals surface area contributed by atoms with Crippen LogP contribution in [0.2, 0.25) is 0 Å². The molecule has 1 spiro atoms. The number of fused-ring (bicyclic) bond motifs is 1. The van der Waals surface area contributed by atoms with Crippen LogP contribution in [0.4, 0.5) is 5.82 Å². The number of aromatic nitrogens is 3. The van der Waals surface area contributed by atoms with Gasteiger partial charge in [0.25, 0.3) is 0 Å². The van der Waals surface area contributed by atoms with Crippen LogP contribution < -0.4 is 4.90 Å². The lowest BCUT2D eigenvalue weighted by molar-refractivity contribution is -0.106. The fourth-order valence-electron chi connectivity index (χ4n) is 3.01. The summed E-state index contributed by atoms with van der Waals surface area (Å²) in [5.74, 6) is 1.04. The summed E-state index contributed by atoms with van der Waals surface area (Å²) in [6.07, 6.45) is 7.21. The highest BCUT2D eigenvalue weighted by Crippen LogP contribution is 2.39. The van der Waals surface area contributed by atoms with Gasteiger partial charge in [-0.2, -0.15) is 0 Å². The summed E-state index contributed by atoms with van der Waals surface area (Å²) in [7, 11) is 0. The fraction of sp³-hybridized carbons (Fsp3) is 0.538. The highest BCUT2D eigenvalue weighted by molar-refractivity contribution is 5.87. The Labute approximate surface area is 105 Å². The zero-order valence-electron chi connectivity index (χ0n) is 10.2. The Bertz CT molecular complexity index is 575. The van der Waals surface area contributed by atoms with Crippen LogP contribution in [0.3, 0.4) is 0 Å². The van der Waals surface area contributed by atoms with Gasteiger partial charge in [0, 0.05) is 19.3 Å². The Morgan fingerprint density at radius 1 is 1.33 bits per heavy atom. The Hall–Kier alpha value is -1.62. The van der Waals surface area contributed by atoms with Gasteiger partial charge in [-0.1, -0.05) is 0 Å². The van der Waals surface area contributed by atoms with Crippen molar-refractivity contribution in [1.82, 2.24) is 15.0 Å². The second-order valence-corrected chi connectivity index (χ2v) is 5.24. The molecule has 1 N–H and O–H groups in total. The van der Waals surface area contributed by atoms with Crippen molar-refractivity contribution in [2.24, 2.45) is 0 Å². The smallest absolute Gasteiger partial charge is 0.142 e. The molecule has 0 atom stereocenters. The summed E-state index contributed by atoms with van der Waals surface area (Å²) in [6.45, 7) is 2.68. The van der Waals surface area contributed by atoms with Crippen molar-refractivity contribution in [3.05, 3.63) is 18.6 Å². The summed E-state index contributed by atoms with van der Waals surface area (Å²) in [5.41, 5.74) is 1.01. The van der Waals surface area contributed by atoms with Gasteiger partial charge in [-0.15, -0.1) is 0 Å². The van der Waals surface area contributed by atoms with E-state index in [1.54, 1.807) is 6.33 Å². The molecule has 3 heterocycles. The molecule has 5 heteroatoms. The molecule has 0 radical (unpaired) electrons. The van der Waals surface area contributed by atoms with Crippen molar-refractivity contribution < 1.29 is 4.74 Å². The van der Waals surface area contributed by atoms with E-state index in [0.717, 1.165) is 36.5 Å². The highest BCUT2D eigenvalue weighted by atomic mass is 16.5. The van der Waals surface area contributed by atoms with Crippen molar-refractivity contribution in [2.75, 3.05) is 24.6 Å². The van der Waals surface area contributed by atoms with Crippen LogP contribution >= 0.6 is 0 Å². The Morgan fingerprint density at radius 3 is 3.11 bits per heavy atom. The minimum absolute atomic E-state index is 0.103. The molecule has 0 amide bonds. The molecule has 4 rings (SSSR count). The first-order valence-corrected chi connectivity index (χ1v) is 6.53. The van der Waals surface area contributed by atoms with Gasteiger partial charge < -0.3 is 14.6 Å². The van der Waals surface area contributed by atoms with E-state index in [1.165, 1.54) is 19.3 Å². The zero-order valence-corrected chi connectivity index (χ0v) is 10.2. The first-order chi connectivity index (χ1) is 8.86. The third kappa shape index (κ3) is 1.43. The minimum atomic E-state index is 0.103. The van der Waals surface area contributed by atoms with Gasteiger partial charge in [-0.25, -0.2) is 9.97 Å². The lowest BCUT2D eigenvalue weighted by Gasteiger charge is -2.48. The molecular formula is C13H16N4O. The van der Waals surface area contributed by atoms with E-state index in [2.05, 4.69) is 19.9 Å². The largest absolute Gasteiger partial charge is 0.371 e. The van der Waals surface area contributed by atoms with Gasteiger partial charge in [0.15, 0.2) is 0 Å². The number of aromatic amines is 1. The van der Waals surface area contributed by atoms with E-state index in [1.807, 2.05) is 12.3 Å². The van der Waals surface area contributed by atoms with Crippen LogP contribution in [0.1, 0.15) is 19.3 Å². The van der Waals surface area contributed by atoms with Gasteiger partial charge in [0.05, 0.1) is 17.6 Å². The van der Waals surface area contributed by atoms with Crippen molar-refractivity contribution in [3.63, 3.8) is 0 Å². The van der Waals surface area contributed by atoms with Crippen LogP contribution in [-0.4, -0.2) is 40.2 Å². The number of morpholine rings is 1. The monoisotopic (exact) mass is 244 g/mol. The van der Waals surface area contributed by atoms with Gasteiger partial charge in [-0.05, 0) is 25.3 Å². The quantitative estimate of drug-likeness (QED) is 0.830. The molecule has 0 aromatic carbocycles. The number of hydrogen-bond acceptors (Lipinski definition) is 4. The summed E-state index contributed by atoms with van der Waals surface area (Å²) in [4.78, 5) is 14.2. The molecule has 1 saturated carbocycles. The van der Waals surface area contributed by atoms with Crippen molar-refractivity contribution in [3.8, 4) is 0 Å². The number of rotatable bonds is 1. The normalized spacial score (nSPS) is 22.3. The Kier molecular flexibility index (Phi) is 2.11. The summed E-state index contributed by atoms with van der Waals surface area (Å²) in [5, 5.41) is 1.11. The molecule has 1 aliphatic heterocycles. The number of H-pyrrole nitrogens is 1. The molecular weight excluding hydrogens is 228 g/mol. The molecule has 18 heavy (non-hydrogen) atoms. The Morgan fingerprint density at radius 2 is 2.28 bits per heavy atom. The van der Waals surface area contributed by atoms with Crippen LogP contribution in [0.5, 0.6) is 0 Å². The average molecular weight is 244 g/mol.